The third-order valence-corrected chi connectivity index (χ3v) is 6.12. The molecule has 2 unspecified atom stereocenters. The van der Waals surface area contributed by atoms with Gasteiger partial charge in [-0.1, -0.05) is 25.7 Å². The van der Waals surface area contributed by atoms with Crippen molar-refractivity contribution < 1.29 is 18.3 Å². The molecule has 18 heavy (non-hydrogen) atoms. The number of carboxylic acids is 1. The van der Waals surface area contributed by atoms with Gasteiger partial charge < -0.3 is 5.11 Å². The molecule has 0 aliphatic heterocycles. The number of carboxylic acid groups (broad SMARTS) is 1. The van der Waals surface area contributed by atoms with Gasteiger partial charge in [-0.2, -0.15) is 0 Å². The van der Waals surface area contributed by atoms with E-state index in [2.05, 4.69) is 4.72 Å². The van der Waals surface area contributed by atoms with E-state index in [1.54, 1.807) is 0 Å². The highest BCUT2D eigenvalue weighted by atomic mass is 32.2. The molecule has 2 aliphatic rings. The first kappa shape index (κ1) is 13.8. The average Bonchev–Trinajstić information content (AvgIpc) is 2.83. The molecule has 5 nitrogen and oxygen atoms in total. The Balaban J connectivity index is 2.04. The summed E-state index contributed by atoms with van der Waals surface area (Å²) in [5, 5.41) is 8.82. The number of carbonyl (C=O) groups is 1. The molecular weight excluding hydrogens is 254 g/mol. The Kier molecular flexibility index (Phi) is 4.27. The first-order valence-corrected chi connectivity index (χ1v) is 8.29. The molecule has 2 aliphatic carbocycles. The summed E-state index contributed by atoms with van der Waals surface area (Å²) in [5.74, 6) is -1.44. The van der Waals surface area contributed by atoms with Gasteiger partial charge in [-0.25, -0.2) is 13.1 Å². The topological polar surface area (TPSA) is 83.5 Å². The normalized spacial score (nSPS) is 30.4. The smallest absolute Gasteiger partial charge is 0.308 e. The monoisotopic (exact) mass is 275 g/mol. The molecule has 0 saturated heterocycles. The zero-order valence-corrected chi connectivity index (χ0v) is 11.3. The third kappa shape index (κ3) is 3.03. The van der Waals surface area contributed by atoms with Gasteiger partial charge in [0.05, 0.1) is 11.2 Å². The van der Waals surface area contributed by atoms with E-state index in [1.807, 2.05) is 0 Å². The predicted molar refractivity (Wildman–Crippen MR) is 67.7 cm³/mol. The average molecular weight is 275 g/mol. The molecular formula is C12H21NO4S. The summed E-state index contributed by atoms with van der Waals surface area (Å²) in [6.07, 6.45) is 6.33. The van der Waals surface area contributed by atoms with Crippen molar-refractivity contribution >= 4 is 16.0 Å². The number of nitrogens with one attached hydrogen (secondary N) is 1. The molecule has 0 radical (unpaired) electrons. The van der Waals surface area contributed by atoms with Crippen LogP contribution in [-0.4, -0.2) is 30.8 Å². The SMILES string of the molecule is O=C(O)C1CCCCC1NS(=O)(=O)C1CCCC1. The van der Waals surface area contributed by atoms with Crippen LogP contribution in [0.5, 0.6) is 0 Å². The van der Waals surface area contributed by atoms with Crippen LogP contribution < -0.4 is 4.72 Å². The second kappa shape index (κ2) is 5.57. The maximum atomic E-state index is 12.2. The molecule has 0 amide bonds. The zero-order chi connectivity index (χ0) is 13.2. The van der Waals surface area contributed by atoms with Crippen LogP contribution in [0, 0.1) is 5.92 Å². The molecule has 104 valence electrons. The maximum absolute atomic E-state index is 12.2. The third-order valence-electron chi connectivity index (χ3n) is 4.14. The molecule has 0 heterocycles. The molecule has 0 aromatic carbocycles. The van der Waals surface area contributed by atoms with E-state index in [4.69, 9.17) is 5.11 Å². The summed E-state index contributed by atoms with van der Waals surface area (Å²) < 4.78 is 27.0. The van der Waals surface area contributed by atoms with E-state index >= 15 is 0 Å². The van der Waals surface area contributed by atoms with Crippen molar-refractivity contribution in [3.05, 3.63) is 0 Å². The van der Waals surface area contributed by atoms with Gasteiger partial charge in [-0.05, 0) is 25.7 Å². The van der Waals surface area contributed by atoms with Crippen LogP contribution in [0.4, 0.5) is 0 Å². The molecule has 2 rings (SSSR count). The van der Waals surface area contributed by atoms with Crippen molar-refractivity contribution in [3.63, 3.8) is 0 Å². The predicted octanol–water partition coefficient (Wildman–Crippen LogP) is 1.49. The molecule has 2 fully saturated rings. The summed E-state index contributed by atoms with van der Waals surface area (Å²) in [7, 11) is -3.34. The van der Waals surface area contributed by atoms with E-state index in [9.17, 15) is 13.2 Å². The number of rotatable bonds is 4. The fraction of sp³-hybridized carbons (Fsp3) is 0.917. The van der Waals surface area contributed by atoms with Crippen molar-refractivity contribution in [2.45, 2.75) is 62.7 Å². The minimum absolute atomic E-state index is 0.311. The summed E-state index contributed by atoms with van der Waals surface area (Å²) >= 11 is 0. The Morgan fingerprint density at radius 1 is 1.00 bits per heavy atom. The van der Waals surface area contributed by atoms with Crippen molar-refractivity contribution in [2.24, 2.45) is 5.92 Å². The van der Waals surface area contributed by atoms with Crippen molar-refractivity contribution in [3.8, 4) is 0 Å². The van der Waals surface area contributed by atoms with Gasteiger partial charge in [-0.15, -0.1) is 0 Å². The van der Waals surface area contributed by atoms with Crippen molar-refractivity contribution in [1.82, 2.24) is 4.72 Å². The summed E-state index contributed by atoms with van der Waals surface area (Å²) in [4.78, 5) is 11.1. The van der Waals surface area contributed by atoms with Crippen LogP contribution >= 0.6 is 0 Å². The lowest BCUT2D eigenvalue weighted by atomic mass is 9.85. The van der Waals surface area contributed by atoms with Gasteiger partial charge in [0.15, 0.2) is 0 Å². The van der Waals surface area contributed by atoms with Crippen LogP contribution in [0.3, 0.4) is 0 Å². The Morgan fingerprint density at radius 2 is 1.56 bits per heavy atom. The lowest BCUT2D eigenvalue weighted by molar-refractivity contribution is -0.143. The molecule has 2 atom stereocenters. The van der Waals surface area contributed by atoms with E-state index in [0.29, 0.717) is 25.7 Å². The van der Waals surface area contributed by atoms with E-state index < -0.39 is 28.0 Å². The number of hydrogen-bond donors (Lipinski definition) is 2. The summed E-state index contributed by atoms with van der Waals surface area (Å²) in [5.41, 5.74) is 0. The second-order valence-electron chi connectivity index (χ2n) is 5.41. The van der Waals surface area contributed by atoms with Gasteiger partial charge in [0.25, 0.3) is 0 Å². The Morgan fingerprint density at radius 3 is 2.17 bits per heavy atom. The lowest BCUT2D eigenvalue weighted by Crippen LogP contribution is -2.47. The van der Waals surface area contributed by atoms with Gasteiger partial charge in [0, 0.05) is 6.04 Å². The van der Waals surface area contributed by atoms with Crippen LogP contribution in [-0.2, 0) is 14.8 Å². The van der Waals surface area contributed by atoms with Crippen molar-refractivity contribution in [2.75, 3.05) is 0 Å². The second-order valence-corrected chi connectivity index (χ2v) is 7.40. The highest BCUT2D eigenvalue weighted by molar-refractivity contribution is 7.90. The fourth-order valence-corrected chi connectivity index (χ4v) is 4.92. The number of hydrogen-bond acceptors (Lipinski definition) is 3. The van der Waals surface area contributed by atoms with Gasteiger partial charge in [0.1, 0.15) is 0 Å². The number of sulfonamides is 1. The van der Waals surface area contributed by atoms with E-state index in [1.165, 1.54) is 0 Å². The largest absolute Gasteiger partial charge is 0.481 e. The highest BCUT2D eigenvalue weighted by Crippen LogP contribution is 2.28. The Bertz CT molecular complexity index is 400. The molecule has 0 aromatic rings. The molecule has 2 saturated carbocycles. The van der Waals surface area contributed by atoms with Crippen LogP contribution in [0.15, 0.2) is 0 Å². The summed E-state index contributed by atoms with van der Waals surface area (Å²) in [6.45, 7) is 0. The fourth-order valence-electron chi connectivity index (χ4n) is 3.07. The van der Waals surface area contributed by atoms with Crippen molar-refractivity contribution in [1.29, 1.82) is 0 Å². The molecule has 0 spiro atoms. The quantitative estimate of drug-likeness (QED) is 0.814. The minimum atomic E-state index is -3.34. The number of aliphatic carboxylic acids is 1. The Hall–Kier alpha value is -0.620. The van der Waals surface area contributed by atoms with Crippen LogP contribution in [0.25, 0.3) is 0 Å². The maximum Gasteiger partial charge on any atom is 0.308 e. The van der Waals surface area contributed by atoms with Gasteiger partial charge in [-0.3, -0.25) is 4.79 Å². The van der Waals surface area contributed by atoms with Crippen LogP contribution in [0.1, 0.15) is 51.4 Å². The van der Waals surface area contributed by atoms with Crippen LogP contribution in [0.2, 0.25) is 0 Å². The molecule has 0 aromatic heterocycles. The molecule has 6 heteroatoms. The lowest BCUT2D eigenvalue weighted by Gasteiger charge is -2.30. The molecule has 0 bridgehead atoms. The van der Waals surface area contributed by atoms with E-state index in [0.717, 1.165) is 25.7 Å². The zero-order valence-electron chi connectivity index (χ0n) is 10.5. The van der Waals surface area contributed by atoms with E-state index in [-0.39, 0.29) is 5.25 Å². The molecule has 2 N–H and O–H groups in total. The first-order valence-electron chi connectivity index (χ1n) is 6.74. The first-order chi connectivity index (χ1) is 8.50. The standard InChI is InChI=1S/C12H21NO4S/c14-12(15)10-7-3-4-8-11(10)13-18(16,17)9-5-1-2-6-9/h9-11,13H,1-8H2,(H,14,15). The summed E-state index contributed by atoms with van der Waals surface area (Å²) in [6, 6.07) is -0.415. The highest BCUT2D eigenvalue weighted by Gasteiger charge is 2.36. The Labute approximate surface area is 108 Å². The minimum Gasteiger partial charge on any atom is -0.481 e. The van der Waals surface area contributed by atoms with Gasteiger partial charge in [0.2, 0.25) is 10.0 Å². The van der Waals surface area contributed by atoms with Gasteiger partial charge >= 0.3 is 5.97 Å².